The largest absolute Gasteiger partial charge is 0.0807 e. The number of rotatable bonds is 6. The van der Waals surface area contributed by atoms with Crippen LogP contribution in [0, 0.1) is 5.92 Å². The van der Waals surface area contributed by atoms with Gasteiger partial charge in [0.25, 0.3) is 0 Å². The van der Waals surface area contributed by atoms with Gasteiger partial charge in [0.2, 0.25) is 0 Å². The van der Waals surface area contributed by atoms with E-state index in [-0.39, 0.29) is 5.31 Å². The zero-order valence-electron chi connectivity index (χ0n) is 14.2. The SMILES string of the molecule is [B]C(C)(CC1CC1)c1cccc2c(C(C)CCC)cccc12. The number of fused-ring (bicyclic) bond motifs is 1. The van der Waals surface area contributed by atoms with E-state index in [0.29, 0.717) is 5.92 Å². The highest BCUT2D eigenvalue weighted by Gasteiger charge is 2.31. The van der Waals surface area contributed by atoms with Crippen LogP contribution in [0.15, 0.2) is 36.4 Å². The van der Waals surface area contributed by atoms with Crippen LogP contribution in [0.1, 0.15) is 69.9 Å². The quantitative estimate of drug-likeness (QED) is 0.579. The Morgan fingerprint density at radius 2 is 1.82 bits per heavy atom. The topological polar surface area (TPSA) is 0 Å². The molecule has 1 saturated carbocycles. The van der Waals surface area contributed by atoms with E-state index in [1.165, 1.54) is 47.6 Å². The second-order valence-corrected chi connectivity index (χ2v) is 7.50. The summed E-state index contributed by atoms with van der Waals surface area (Å²) in [6.45, 7) is 6.82. The van der Waals surface area contributed by atoms with Gasteiger partial charge in [-0.05, 0) is 51.9 Å². The molecule has 2 unspecified atom stereocenters. The lowest BCUT2D eigenvalue weighted by Gasteiger charge is -2.28. The predicted octanol–water partition coefficient (Wildman–Crippen LogP) is 5.93. The molecule has 114 valence electrons. The lowest BCUT2D eigenvalue weighted by atomic mass is 9.61. The van der Waals surface area contributed by atoms with Gasteiger partial charge in [0.15, 0.2) is 0 Å². The molecule has 2 radical (unpaired) electrons. The van der Waals surface area contributed by atoms with E-state index >= 15 is 0 Å². The summed E-state index contributed by atoms with van der Waals surface area (Å²) in [7, 11) is 6.73. The van der Waals surface area contributed by atoms with Crippen molar-refractivity contribution in [3.8, 4) is 0 Å². The molecular weight excluding hydrogens is 263 g/mol. The molecule has 0 N–H and O–H groups in total. The molecule has 3 rings (SSSR count). The Balaban J connectivity index is 2.07. The Kier molecular flexibility index (Phi) is 4.34. The summed E-state index contributed by atoms with van der Waals surface area (Å²) in [6, 6.07) is 13.5. The van der Waals surface area contributed by atoms with E-state index in [1.54, 1.807) is 0 Å². The molecule has 1 aliphatic carbocycles. The van der Waals surface area contributed by atoms with E-state index in [0.717, 1.165) is 12.3 Å². The van der Waals surface area contributed by atoms with Crippen molar-refractivity contribution in [2.45, 2.75) is 64.1 Å². The Labute approximate surface area is 136 Å². The Morgan fingerprint density at radius 1 is 1.14 bits per heavy atom. The first-order valence-electron chi connectivity index (χ1n) is 8.84. The van der Waals surface area contributed by atoms with Crippen LogP contribution in [-0.2, 0) is 5.31 Å². The van der Waals surface area contributed by atoms with E-state index in [1.807, 2.05) is 0 Å². The van der Waals surface area contributed by atoms with Crippen molar-refractivity contribution in [1.29, 1.82) is 0 Å². The first kappa shape index (κ1) is 15.7. The normalized spacial score (nSPS) is 19.0. The Morgan fingerprint density at radius 3 is 2.50 bits per heavy atom. The molecule has 0 aromatic heterocycles. The van der Waals surface area contributed by atoms with Crippen LogP contribution in [0.3, 0.4) is 0 Å². The van der Waals surface area contributed by atoms with Gasteiger partial charge in [-0.1, -0.05) is 76.4 Å². The molecule has 2 atom stereocenters. The standard InChI is InChI=1S/C21H27B/c1-4-7-15(2)17-8-5-10-19-18(17)9-6-11-20(19)21(3,22)14-16-12-13-16/h5-6,8-11,15-16H,4,7,12-14H2,1-3H3. The zero-order valence-corrected chi connectivity index (χ0v) is 14.2. The van der Waals surface area contributed by atoms with E-state index in [2.05, 4.69) is 57.2 Å². The van der Waals surface area contributed by atoms with Crippen molar-refractivity contribution in [2.75, 3.05) is 0 Å². The molecule has 0 heterocycles. The predicted molar refractivity (Wildman–Crippen MR) is 97.7 cm³/mol. The lowest BCUT2D eigenvalue weighted by molar-refractivity contribution is 0.561. The van der Waals surface area contributed by atoms with Crippen molar-refractivity contribution < 1.29 is 0 Å². The third-order valence-electron chi connectivity index (χ3n) is 5.23. The third-order valence-corrected chi connectivity index (χ3v) is 5.23. The molecule has 2 aromatic carbocycles. The van der Waals surface area contributed by atoms with Crippen molar-refractivity contribution in [3.63, 3.8) is 0 Å². The van der Waals surface area contributed by atoms with Crippen molar-refractivity contribution in [1.82, 2.24) is 0 Å². The van der Waals surface area contributed by atoms with Crippen molar-refractivity contribution >= 4 is 18.6 Å². The Bertz CT molecular complexity index is 652. The second-order valence-electron chi connectivity index (χ2n) is 7.50. The van der Waals surface area contributed by atoms with Crippen LogP contribution >= 0.6 is 0 Å². The summed E-state index contributed by atoms with van der Waals surface area (Å²) >= 11 is 0. The van der Waals surface area contributed by atoms with Gasteiger partial charge in [-0.15, -0.1) is 0 Å². The second kappa shape index (κ2) is 6.10. The molecule has 0 spiro atoms. The van der Waals surface area contributed by atoms with E-state index in [4.69, 9.17) is 7.85 Å². The molecule has 22 heavy (non-hydrogen) atoms. The summed E-state index contributed by atoms with van der Waals surface area (Å²) in [6.07, 6.45) is 6.30. The molecule has 2 aromatic rings. The van der Waals surface area contributed by atoms with E-state index in [9.17, 15) is 0 Å². The van der Waals surface area contributed by atoms with Crippen LogP contribution in [-0.4, -0.2) is 7.85 Å². The maximum atomic E-state index is 6.73. The van der Waals surface area contributed by atoms with Crippen LogP contribution < -0.4 is 0 Å². The highest BCUT2D eigenvalue weighted by atomic mass is 14.3. The van der Waals surface area contributed by atoms with Gasteiger partial charge in [-0.25, -0.2) is 0 Å². The van der Waals surface area contributed by atoms with Crippen LogP contribution in [0.2, 0.25) is 0 Å². The molecule has 1 fully saturated rings. The number of hydrogen-bond donors (Lipinski definition) is 0. The van der Waals surface area contributed by atoms with Gasteiger partial charge in [0.05, 0.1) is 7.85 Å². The average molecular weight is 290 g/mol. The first-order valence-corrected chi connectivity index (χ1v) is 8.84. The fraction of sp³-hybridized carbons (Fsp3) is 0.524. The van der Waals surface area contributed by atoms with Crippen molar-refractivity contribution in [2.24, 2.45) is 5.92 Å². The van der Waals surface area contributed by atoms with Crippen molar-refractivity contribution in [3.05, 3.63) is 47.5 Å². The highest BCUT2D eigenvalue weighted by Crippen LogP contribution is 2.42. The summed E-state index contributed by atoms with van der Waals surface area (Å²) in [4.78, 5) is 0. The van der Waals surface area contributed by atoms with E-state index < -0.39 is 0 Å². The average Bonchev–Trinajstić information content (AvgIpc) is 3.29. The van der Waals surface area contributed by atoms with Gasteiger partial charge in [0, 0.05) is 0 Å². The van der Waals surface area contributed by atoms with Gasteiger partial charge in [-0.3, -0.25) is 0 Å². The molecule has 0 nitrogen and oxygen atoms in total. The molecule has 0 amide bonds. The fourth-order valence-corrected chi connectivity index (χ4v) is 3.88. The fourth-order valence-electron chi connectivity index (χ4n) is 3.88. The molecule has 1 aliphatic rings. The lowest BCUT2D eigenvalue weighted by Crippen LogP contribution is -2.23. The molecule has 1 heteroatoms. The van der Waals surface area contributed by atoms with Gasteiger partial charge in [-0.2, -0.15) is 0 Å². The summed E-state index contributed by atoms with van der Waals surface area (Å²) in [5.74, 6) is 1.45. The highest BCUT2D eigenvalue weighted by molar-refractivity contribution is 6.17. The minimum Gasteiger partial charge on any atom is -0.0654 e. The summed E-state index contributed by atoms with van der Waals surface area (Å²) < 4.78 is 0. The molecule has 0 saturated heterocycles. The maximum absolute atomic E-state index is 6.73. The molecule has 0 aliphatic heterocycles. The summed E-state index contributed by atoms with van der Waals surface area (Å²) in [5.41, 5.74) is 2.80. The van der Waals surface area contributed by atoms with Crippen LogP contribution in [0.5, 0.6) is 0 Å². The number of benzene rings is 2. The summed E-state index contributed by atoms with van der Waals surface area (Å²) in [5, 5.41) is 2.54. The molecule has 0 bridgehead atoms. The molecular formula is C21H27B. The van der Waals surface area contributed by atoms with Gasteiger partial charge >= 0.3 is 0 Å². The smallest absolute Gasteiger partial charge is 0.0654 e. The van der Waals surface area contributed by atoms with Gasteiger partial charge < -0.3 is 0 Å². The Hall–Kier alpha value is -1.24. The van der Waals surface area contributed by atoms with Gasteiger partial charge in [0.1, 0.15) is 0 Å². The zero-order chi connectivity index (χ0) is 15.7. The third kappa shape index (κ3) is 3.09. The minimum atomic E-state index is -0.215. The van der Waals surface area contributed by atoms with Crippen LogP contribution in [0.25, 0.3) is 10.8 Å². The van der Waals surface area contributed by atoms with Crippen LogP contribution in [0.4, 0.5) is 0 Å². The monoisotopic (exact) mass is 290 g/mol. The minimum absolute atomic E-state index is 0.215. The maximum Gasteiger partial charge on any atom is 0.0807 e. The number of hydrogen-bond acceptors (Lipinski definition) is 0. The first-order chi connectivity index (χ1) is 10.5.